The molecule has 0 saturated heterocycles. The molecule has 0 saturated carbocycles. The van der Waals surface area contributed by atoms with Gasteiger partial charge in [0.25, 0.3) is 0 Å². The van der Waals surface area contributed by atoms with Crippen molar-refractivity contribution in [2.24, 2.45) is 5.73 Å². The van der Waals surface area contributed by atoms with Gasteiger partial charge in [0.2, 0.25) is 0 Å². The molecule has 3 aromatic rings. The number of nitrogens with zero attached hydrogens (tertiary/aromatic N) is 3. The minimum Gasteiger partial charge on any atom is -0.325 e. The van der Waals surface area contributed by atoms with Crippen LogP contribution in [0, 0.1) is 6.92 Å². The van der Waals surface area contributed by atoms with Gasteiger partial charge >= 0.3 is 0 Å². The summed E-state index contributed by atoms with van der Waals surface area (Å²) in [5, 5.41) is 1.66. The molecule has 6 heteroatoms. The fourth-order valence-electron chi connectivity index (χ4n) is 2.34. The molecule has 0 bridgehead atoms. The third-order valence-corrected chi connectivity index (χ3v) is 4.66. The van der Waals surface area contributed by atoms with E-state index in [-0.39, 0.29) is 0 Å². The molecule has 0 amide bonds. The van der Waals surface area contributed by atoms with Crippen molar-refractivity contribution in [1.29, 1.82) is 0 Å². The Hall–Kier alpha value is -1.43. The number of thiazole rings is 1. The summed E-state index contributed by atoms with van der Waals surface area (Å²) in [6.07, 6.45) is 0. The largest absolute Gasteiger partial charge is 0.325 e. The van der Waals surface area contributed by atoms with Crippen molar-refractivity contribution in [1.82, 2.24) is 14.5 Å². The lowest BCUT2D eigenvalue weighted by Crippen LogP contribution is -1.97. The zero-order valence-corrected chi connectivity index (χ0v) is 12.9. The van der Waals surface area contributed by atoms with Crippen LogP contribution < -0.4 is 5.73 Å². The van der Waals surface area contributed by atoms with E-state index in [2.05, 4.69) is 16.5 Å². The molecule has 0 fully saturated rings. The summed E-state index contributed by atoms with van der Waals surface area (Å²) in [7, 11) is 0. The lowest BCUT2D eigenvalue weighted by molar-refractivity contribution is 0.797. The topological polar surface area (TPSA) is 56.7 Å². The maximum Gasteiger partial charge on any atom is 0.153 e. The number of aromatic nitrogens is 3. The Morgan fingerprint density at radius 1 is 1.35 bits per heavy atom. The van der Waals surface area contributed by atoms with Crippen molar-refractivity contribution in [3.8, 4) is 10.7 Å². The van der Waals surface area contributed by atoms with Crippen molar-refractivity contribution >= 4 is 34.0 Å². The van der Waals surface area contributed by atoms with Crippen LogP contribution in [0.5, 0.6) is 0 Å². The van der Waals surface area contributed by atoms with Crippen LogP contribution in [0.4, 0.5) is 0 Å². The van der Waals surface area contributed by atoms with E-state index in [9.17, 15) is 0 Å². The van der Waals surface area contributed by atoms with Gasteiger partial charge < -0.3 is 10.3 Å². The number of aryl methyl sites for hydroxylation is 2. The molecule has 4 nitrogen and oxygen atoms in total. The number of hydrogen-bond donors (Lipinski definition) is 1. The van der Waals surface area contributed by atoms with E-state index < -0.39 is 0 Å². The lowest BCUT2D eigenvalue weighted by atomic mass is 10.3. The number of fused-ring (bicyclic) bond motifs is 1. The number of halogens is 1. The van der Waals surface area contributed by atoms with Gasteiger partial charge in [-0.05, 0) is 32.0 Å². The summed E-state index contributed by atoms with van der Waals surface area (Å²) in [6.45, 7) is 5.40. The molecule has 2 N–H and O–H groups in total. The normalized spacial score (nSPS) is 11.4. The van der Waals surface area contributed by atoms with Crippen LogP contribution in [0.2, 0.25) is 5.02 Å². The predicted octanol–water partition coefficient (Wildman–Crippen LogP) is 3.60. The minimum absolute atomic E-state index is 0.462. The van der Waals surface area contributed by atoms with Gasteiger partial charge in [-0.2, -0.15) is 0 Å². The number of imidazole rings is 1. The second kappa shape index (κ2) is 5.16. The molecule has 0 atom stereocenters. The smallest absolute Gasteiger partial charge is 0.153 e. The first kappa shape index (κ1) is 13.5. The standard InChI is InChI=1S/C14H15ClN4S/c1-3-19-11-6-9(15)4-5-10(11)18-14(19)13-8(2)17-12(7-16)20-13/h4-6H,3,7,16H2,1-2H3. The van der Waals surface area contributed by atoms with E-state index in [1.54, 1.807) is 11.3 Å². The zero-order chi connectivity index (χ0) is 14.3. The molecule has 2 heterocycles. The SMILES string of the molecule is CCn1c(-c2sc(CN)nc2C)nc2ccc(Cl)cc21. The van der Waals surface area contributed by atoms with E-state index in [4.69, 9.17) is 22.3 Å². The molecular formula is C14H15ClN4S. The number of nitrogens with two attached hydrogens (primary N) is 1. The van der Waals surface area contributed by atoms with E-state index in [0.29, 0.717) is 6.54 Å². The number of rotatable bonds is 3. The Labute approximate surface area is 126 Å². The van der Waals surface area contributed by atoms with Crippen molar-refractivity contribution < 1.29 is 0 Å². The highest BCUT2D eigenvalue weighted by atomic mass is 35.5. The second-order valence-electron chi connectivity index (χ2n) is 4.54. The van der Waals surface area contributed by atoms with Crippen LogP contribution in [-0.4, -0.2) is 14.5 Å². The van der Waals surface area contributed by atoms with E-state index in [0.717, 1.165) is 44.0 Å². The van der Waals surface area contributed by atoms with Crippen molar-refractivity contribution in [3.05, 3.63) is 33.9 Å². The molecule has 104 valence electrons. The van der Waals surface area contributed by atoms with Crippen LogP contribution in [0.1, 0.15) is 17.6 Å². The number of benzene rings is 1. The summed E-state index contributed by atoms with van der Waals surface area (Å²) in [5.74, 6) is 0.944. The summed E-state index contributed by atoms with van der Waals surface area (Å²) in [4.78, 5) is 10.3. The van der Waals surface area contributed by atoms with Gasteiger partial charge in [0.05, 0.1) is 21.6 Å². The van der Waals surface area contributed by atoms with Gasteiger partial charge in [0, 0.05) is 18.1 Å². The Morgan fingerprint density at radius 3 is 2.80 bits per heavy atom. The first-order valence-electron chi connectivity index (χ1n) is 6.46. The fourth-order valence-corrected chi connectivity index (χ4v) is 3.44. The monoisotopic (exact) mass is 306 g/mol. The highest BCUT2D eigenvalue weighted by Crippen LogP contribution is 2.32. The molecule has 2 aromatic heterocycles. The molecular weight excluding hydrogens is 292 g/mol. The Balaban J connectivity index is 2.27. The molecule has 0 aliphatic carbocycles. The van der Waals surface area contributed by atoms with Crippen LogP contribution in [-0.2, 0) is 13.1 Å². The van der Waals surface area contributed by atoms with Crippen molar-refractivity contribution in [2.45, 2.75) is 26.9 Å². The minimum atomic E-state index is 0.462. The first-order valence-corrected chi connectivity index (χ1v) is 7.66. The van der Waals surface area contributed by atoms with Gasteiger partial charge in [-0.1, -0.05) is 11.6 Å². The maximum atomic E-state index is 6.09. The molecule has 0 spiro atoms. The molecule has 0 aliphatic rings. The summed E-state index contributed by atoms with van der Waals surface area (Å²) in [5.41, 5.74) is 8.66. The fraction of sp³-hybridized carbons (Fsp3) is 0.286. The highest BCUT2D eigenvalue weighted by molar-refractivity contribution is 7.15. The second-order valence-corrected chi connectivity index (χ2v) is 6.06. The summed E-state index contributed by atoms with van der Waals surface area (Å²) >= 11 is 7.70. The molecule has 0 radical (unpaired) electrons. The number of hydrogen-bond acceptors (Lipinski definition) is 4. The van der Waals surface area contributed by atoms with E-state index >= 15 is 0 Å². The Bertz CT molecular complexity index is 775. The van der Waals surface area contributed by atoms with Crippen molar-refractivity contribution in [2.75, 3.05) is 0 Å². The average molecular weight is 307 g/mol. The van der Waals surface area contributed by atoms with Crippen LogP contribution in [0.15, 0.2) is 18.2 Å². The molecule has 20 heavy (non-hydrogen) atoms. The van der Waals surface area contributed by atoms with Crippen LogP contribution >= 0.6 is 22.9 Å². The summed E-state index contributed by atoms with van der Waals surface area (Å²) < 4.78 is 2.17. The van der Waals surface area contributed by atoms with Gasteiger partial charge in [0.15, 0.2) is 5.82 Å². The van der Waals surface area contributed by atoms with E-state index in [1.165, 1.54) is 0 Å². The predicted molar refractivity (Wildman–Crippen MR) is 84.2 cm³/mol. The van der Waals surface area contributed by atoms with Crippen LogP contribution in [0.3, 0.4) is 0 Å². The Morgan fingerprint density at radius 2 is 2.15 bits per heavy atom. The van der Waals surface area contributed by atoms with Crippen LogP contribution in [0.25, 0.3) is 21.7 Å². The van der Waals surface area contributed by atoms with Gasteiger partial charge in [0.1, 0.15) is 5.01 Å². The van der Waals surface area contributed by atoms with Gasteiger partial charge in [-0.15, -0.1) is 11.3 Å². The highest BCUT2D eigenvalue weighted by Gasteiger charge is 2.17. The molecule has 0 unspecified atom stereocenters. The van der Waals surface area contributed by atoms with Gasteiger partial charge in [-0.3, -0.25) is 0 Å². The molecule has 0 aliphatic heterocycles. The van der Waals surface area contributed by atoms with Gasteiger partial charge in [-0.25, -0.2) is 9.97 Å². The zero-order valence-electron chi connectivity index (χ0n) is 11.4. The lowest BCUT2D eigenvalue weighted by Gasteiger charge is -2.04. The van der Waals surface area contributed by atoms with Crippen molar-refractivity contribution in [3.63, 3.8) is 0 Å². The Kier molecular flexibility index (Phi) is 3.50. The third kappa shape index (κ3) is 2.12. The quantitative estimate of drug-likeness (QED) is 0.804. The third-order valence-electron chi connectivity index (χ3n) is 3.25. The maximum absolute atomic E-state index is 6.09. The average Bonchev–Trinajstić information content (AvgIpc) is 2.98. The molecule has 1 aromatic carbocycles. The summed E-state index contributed by atoms with van der Waals surface area (Å²) in [6, 6.07) is 5.77. The van der Waals surface area contributed by atoms with E-state index in [1.807, 2.05) is 25.1 Å². The first-order chi connectivity index (χ1) is 9.63. The molecule has 3 rings (SSSR count).